The number of carbonyl (C=O) groups is 1. The van der Waals surface area contributed by atoms with E-state index < -0.39 is 0 Å². The Hall–Kier alpha value is -2.90. The molecular weight excluding hydrogens is 398 g/mol. The second-order valence-electron chi connectivity index (χ2n) is 7.96. The van der Waals surface area contributed by atoms with E-state index in [2.05, 4.69) is 24.9 Å². The van der Waals surface area contributed by atoms with E-state index in [0.717, 1.165) is 34.3 Å². The van der Waals surface area contributed by atoms with Gasteiger partial charge in [-0.3, -0.25) is 14.2 Å². The van der Waals surface area contributed by atoms with Crippen molar-refractivity contribution in [1.82, 2.24) is 14.5 Å². The van der Waals surface area contributed by atoms with Crippen LogP contribution >= 0.6 is 11.3 Å². The van der Waals surface area contributed by atoms with Gasteiger partial charge in [0.1, 0.15) is 9.53 Å². The topological polar surface area (TPSA) is 74.1 Å². The molecule has 0 N–H and O–H groups in total. The average Bonchev–Trinajstić information content (AvgIpc) is 3.13. The van der Waals surface area contributed by atoms with E-state index in [9.17, 15) is 9.59 Å². The highest BCUT2D eigenvalue weighted by Crippen LogP contribution is 2.35. The van der Waals surface area contributed by atoms with Crippen LogP contribution in [0.15, 0.2) is 47.5 Å². The van der Waals surface area contributed by atoms with Crippen molar-refractivity contribution in [3.05, 3.63) is 69.9 Å². The van der Waals surface area contributed by atoms with Crippen LogP contribution in [0.25, 0.3) is 20.4 Å². The summed E-state index contributed by atoms with van der Waals surface area (Å²) >= 11 is 1.35. The van der Waals surface area contributed by atoms with Gasteiger partial charge in [0.25, 0.3) is 5.56 Å². The van der Waals surface area contributed by atoms with Crippen LogP contribution in [0.4, 0.5) is 0 Å². The van der Waals surface area contributed by atoms with E-state index in [1.807, 2.05) is 18.2 Å². The number of hydrogen-bond acceptors (Lipinski definition) is 6. The fourth-order valence-corrected chi connectivity index (χ4v) is 4.90. The van der Waals surface area contributed by atoms with Crippen molar-refractivity contribution in [3.8, 4) is 0 Å². The van der Waals surface area contributed by atoms with Gasteiger partial charge in [-0.1, -0.05) is 37.3 Å². The van der Waals surface area contributed by atoms with Crippen molar-refractivity contribution < 1.29 is 9.53 Å². The van der Waals surface area contributed by atoms with Crippen LogP contribution in [0, 0.1) is 0 Å². The number of benzene rings is 1. The molecule has 4 heterocycles. The zero-order chi connectivity index (χ0) is 20.9. The number of ether oxygens (including phenoxy) is 1. The fraction of sp³-hybridized carbons (Fsp3) is 0.304. The Morgan fingerprint density at radius 1 is 1.30 bits per heavy atom. The molecule has 30 heavy (non-hydrogen) atoms. The fourth-order valence-electron chi connectivity index (χ4n) is 3.82. The van der Waals surface area contributed by atoms with E-state index in [1.165, 1.54) is 22.2 Å². The summed E-state index contributed by atoms with van der Waals surface area (Å²) in [5.74, 6) is -0.121. The number of Topliss-reactive ketones (excluding diaryl/α,β-unsaturated/α-hetero) is 1. The third-order valence-corrected chi connectivity index (χ3v) is 6.96. The molecule has 0 unspecified atom stereocenters. The van der Waals surface area contributed by atoms with Crippen LogP contribution in [-0.4, -0.2) is 25.9 Å². The third kappa shape index (κ3) is 3.14. The number of hydrogen-bond donors (Lipinski definition) is 0. The van der Waals surface area contributed by atoms with Gasteiger partial charge in [-0.25, -0.2) is 9.97 Å². The lowest BCUT2D eigenvalue weighted by Crippen LogP contribution is -2.35. The first-order chi connectivity index (χ1) is 14.5. The molecule has 0 saturated carbocycles. The van der Waals surface area contributed by atoms with Gasteiger partial charge >= 0.3 is 0 Å². The van der Waals surface area contributed by atoms with Crippen LogP contribution < -0.4 is 5.56 Å². The van der Waals surface area contributed by atoms with E-state index in [4.69, 9.17) is 9.72 Å². The van der Waals surface area contributed by atoms with E-state index in [-0.39, 0.29) is 23.5 Å². The Morgan fingerprint density at radius 3 is 2.87 bits per heavy atom. The summed E-state index contributed by atoms with van der Waals surface area (Å²) in [7, 11) is 0. The predicted octanol–water partition coefficient (Wildman–Crippen LogP) is 4.13. The summed E-state index contributed by atoms with van der Waals surface area (Å²) in [5, 5.41) is 0.871. The quantitative estimate of drug-likeness (QED) is 0.465. The Kier molecular flexibility index (Phi) is 4.52. The van der Waals surface area contributed by atoms with Gasteiger partial charge in [-0.05, 0) is 19.4 Å². The minimum Gasteiger partial charge on any atom is -0.370 e. The molecule has 0 radical (unpaired) electrons. The zero-order valence-corrected chi connectivity index (χ0v) is 17.7. The second kappa shape index (κ2) is 7.11. The van der Waals surface area contributed by atoms with Crippen LogP contribution in [0.1, 0.15) is 41.9 Å². The molecule has 0 aliphatic carbocycles. The maximum atomic E-state index is 13.1. The van der Waals surface area contributed by atoms with Crippen molar-refractivity contribution in [2.45, 2.75) is 45.4 Å². The SMILES string of the molecule is CC[C@@]1(C)Cc2nc3sc4c(=O)n(CC(=O)c5ccccc5)cnc4c3cc2CO1. The van der Waals surface area contributed by atoms with Crippen molar-refractivity contribution in [2.24, 2.45) is 0 Å². The lowest BCUT2D eigenvalue weighted by Gasteiger charge is -2.33. The Labute approximate surface area is 177 Å². The van der Waals surface area contributed by atoms with Crippen LogP contribution in [-0.2, 0) is 24.3 Å². The molecule has 1 aliphatic rings. The molecule has 4 aromatic rings. The maximum absolute atomic E-state index is 13.1. The highest BCUT2D eigenvalue weighted by molar-refractivity contribution is 7.25. The first-order valence-corrected chi connectivity index (χ1v) is 10.8. The molecule has 1 aromatic carbocycles. The number of fused-ring (bicyclic) bond motifs is 4. The smallest absolute Gasteiger partial charge is 0.271 e. The first-order valence-electron chi connectivity index (χ1n) is 10.00. The van der Waals surface area contributed by atoms with Crippen molar-refractivity contribution in [2.75, 3.05) is 0 Å². The molecule has 0 saturated heterocycles. The largest absolute Gasteiger partial charge is 0.370 e. The molecule has 0 amide bonds. The van der Waals surface area contributed by atoms with Crippen LogP contribution in [0.5, 0.6) is 0 Å². The Bertz CT molecular complexity index is 1340. The molecule has 7 heteroatoms. The number of aromatic nitrogens is 3. The molecule has 3 aromatic heterocycles. The molecule has 0 fully saturated rings. The molecule has 5 rings (SSSR count). The molecule has 152 valence electrons. The Balaban J connectivity index is 1.56. The number of rotatable bonds is 4. The Morgan fingerprint density at radius 2 is 2.10 bits per heavy atom. The van der Waals surface area contributed by atoms with Gasteiger partial charge < -0.3 is 4.74 Å². The van der Waals surface area contributed by atoms with Gasteiger partial charge in [-0.2, -0.15) is 0 Å². The number of thiophene rings is 1. The lowest BCUT2D eigenvalue weighted by molar-refractivity contribution is -0.0573. The van der Waals surface area contributed by atoms with E-state index in [1.54, 1.807) is 12.1 Å². The molecular formula is C23H21N3O3S. The maximum Gasteiger partial charge on any atom is 0.271 e. The standard InChI is InChI=1S/C23H21N3O3S/c1-3-23(2)10-17-15(12-29-23)9-16-19-20(30-21(16)25-17)22(28)26(13-24-19)11-18(27)14-7-5-4-6-8-14/h4-9,13H,3,10-12H2,1-2H3/t23-/m0/s1. The first kappa shape index (κ1) is 19.1. The van der Waals surface area contributed by atoms with E-state index in [0.29, 0.717) is 22.4 Å². The van der Waals surface area contributed by atoms with Crippen LogP contribution in [0.3, 0.4) is 0 Å². The molecule has 1 aliphatic heterocycles. The highest BCUT2D eigenvalue weighted by atomic mass is 32.1. The number of carbonyl (C=O) groups excluding carboxylic acids is 1. The number of ketones is 1. The summed E-state index contributed by atoms with van der Waals surface area (Å²) in [6, 6.07) is 11.0. The van der Waals surface area contributed by atoms with Gasteiger partial charge in [0, 0.05) is 22.9 Å². The van der Waals surface area contributed by atoms with Gasteiger partial charge in [0.2, 0.25) is 0 Å². The van der Waals surface area contributed by atoms with E-state index >= 15 is 0 Å². The average molecular weight is 420 g/mol. The minimum atomic E-state index is -0.208. The van der Waals surface area contributed by atoms with Crippen molar-refractivity contribution in [3.63, 3.8) is 0 Å². The summed E-state index contributed by atoms with van der Waals surface area (Å²) in [4.78, 5) is 35.8. The third-order valence-electron chi connectivity index (χ3n) is 5.88. The van der Waals surface area contributed by atoms with Gasteiger partial charge in [0.05, 0.1) is 36.3 Å². The second-order valence-corrected chi connectivity index (χ2v) is 8.96. The predicted molar refractivity (Wildman–Crippen MR) is 117 cm³/mol. The molecule has 0 bridgehead atoms. The molecule has 0 spiro atoms. The minimum absolute atomic E-state index is 0.0351. The normalized spacial score (nSPS) is 18.6. The van der Waals surface area contributed by atoms with Gasteiger partial charge in [0.15, 0.2) is 5.78 Å². The van der Waals surface area contributed by atoms with Crippen molar-refractivity contribution in [1.29, 1.82) is 0 Å². The zero-order valence-electron chi connectivity index (χ0n) is 16.8. The highest BCUT2D eigenvalue weighted by Gasteiger charge is 2.31. The molecule has 1 atom stereocenters. The molecule has 6 nitrogen and oxygen atoms in total. The summed E-state index contributed by atoms with van der Waals surface area (Å²) in [6.07, 6.45) is 3.13. The summed E-state index contributed by atoms with van der Waals surface area (Å²) < 4.78 is 7.96. The number of pyridine rings is 1. The van der Waals surface area contributed by atoms with Crippen molar-refractivity contribution >= 4 is 37.6 Å². The lowest BCUT2D eigenvalue weighted by atomic mass is 9.91. The number of nitrogens with zero attached hydrogens (tertiary/aromatic N) is 3. The summed E-state index contributed by atoms with van der Waals surface area (Å²) in [5.41, 5.74) is 2.90. The van der Waals surface area contributed by atoms with Gasteiger partial charge in [-0.15, -0.1) is 11.3 Å². The van der Waals surface area contributed by atoms with Crippen LogP contribution in [0.2, 0.25) is 0 Å². The summed E-state index contributed by atoms with van der Waals surface area (Å²) in [6.45, 7) is 4.71. The monoisotopic (exact) mass is 419 g/mol.